The molecule has 144 valence electrons. The Morgan fingerprint density at radius 1 is 1.22 bits per heavy atom. The van der Waals surface area contributed by atoms with Crippen LogP contribution in [0.25, 0.3) is 0 Å². The molecule has 1 heterocycles. The Morgan fingerprint density at radius 3 is 2.48 bits per heavy atom. The summed E-state index contributed by atoms with van der Waals surface area (Å²) >= 11 is 5.76. The number of halogens is 1. The van der Waals surface area contributed by atoms with E-state index in [4.69, 9.17) is 16.3 Å². The minimum Gasteiger partial charge on any atom is -0.456 e. The summed E-state index contributed by atoms with van der Waals surface area (Å²) in [5, 5.41) is 3.23. The van der Waals surface area contributed by atoms with Gasteiger partial charge in [-0.1, -0.05) is 18.5 Å². The second kappa shape index (κ2) is 7.68. The Bertz CT molecular complexity index is 769. The first-order valence-electron chi connectivity index (χ1n) is 8.89. The first kappa shape index (κ1) is 19.4. The molecular weight excluding hydrogens is 372 g/mol. The van der Waals surface area contributed by atoms with Crippen LogP contribution in [0.5, 0.6) is 0 Å². The number of ketones is 1. The summed E-state index contributed by atoms with van der Waals surface area (Å²) in [4.78, 5) is 49.8. The summed E-state index contributed by atoms with van der Waals surface area (Å²) in [7, 11) is 0. The number of urea groups is 1. The highest BCUT2D eigenvalue weighted by molar-refractivity contribution is 6.30. The molecule has 3 rings (SSSR count). The SMILES string of the molecule is CC1CCC2(CC1)NC(=O)N(CC(=O)OCC(=O)c1ccc(Cl)cc1)C2=O. The summed E-state index contributed by atoms with van der Waals surface area (Å²) in [6.45, 7) is 1.14. The van der Waals surface area contributed by atoms with E-state index >= 15 is 0 Å². The lowest BCUT2D eigenvalue weighted by Crippen LogP contribution is -2.49. The van der Waals surface area contributed by atoms with Crippen LogP contribution in [-0.2, 0) is 14.3 Å². The molecule has 27 heavy (non-hydrogen) atoms. The zero-order chi connectivity index (χ0) is 19.6. The van der Waals surface area contributed by atoms with Gasteiger partial charge in [-0.3, -0.25) is 19.3 Å². The van der Waals surface area contributed by atoms with Gasteiger partial charge in [0.25, 0.3) is 5.91 Å². The predicted molar refractivity (Wildman–Crippen MR) is 97.3 cm³/mol. The van der Waals surface area contributed by atoms with Crippen LogP contribution in [0.15, 0.2) is 24.3 Å². The van der Waals surface area contributed by atoms with Crippen molar-refractivity contribution in [2.24, 2.45) is 5.92 Å². The number of amides is 3. The largest absolute Gasteiger partial charge is 0.456 e. The number of carbonyl (C=O) groups is 4. The minimum absolute atomic E-state index is 0.359. The van der Waals surface area contributed by atoms with Crippen molar-refractivity contribution in [1.29, 1.82) is 0 Å². The van der Waals surface area contributed by atoms with E-state index in [0.717, 1.165) is 17.7 Å². The van der Waals surface area contributed by atoms with Gasteiger partial charge in [-0.15, -0.1) is 0 Å². The fourth-order valence-corrected chi connectivity index (χ4v) is 3.58. The van der Waals surface area contributed by atoms with Crippen molar-refractivity contribution >= 4 is 35.3 Å². The third kappa shape index (κ3) is 4.13. The maximum atomic E-state index is 12.7. The summed E-state index contributed by atoms with van der Waals surface area (Å²) < 4.78 is 4.94. The second-order valence-electron chi connectivity index (χ2n) is 7.18. The zero-order valence-electron chi connectivity index (χ0n) is 15.0. The molecule has 0 atom stereocenters. The number of carbonyl (C=O) groups excluding carboxylic acids is 4. The predicted octanol–water partition coefficient (Wildman–Crippen LogP) is 2.57. The number of imide groups is 1. The molecule has 0 aromatic heterocycles. The van der Waals surface area contributed by atoms with E-state index in [0.29, 0.717) is 29.3 Å². The number of ether oxygens (including phenoxy) is 1. The molecule has 1 aromatic rings. The fourth-order valence-electron chi connectivity index (χ4n) is 3.45. The summed E-state index contributed by atoms with van der Waals surface area (Å²) in [6.07, 6.45) is 2.83. The quantitative estimate of drug-likeness (QED) is 0.472. The number of Topliss-reactive ketones (excluding diaryl/α,β-unsaturated/α-hetero) is 1. The molecule has 2 aliphatic rings. The van der Waals surface area contributed by atoms with Gasteiger partial charge in [-0.25, -0.2) is 4.79 Å². The van der Waals surface area contributed by atoms with Crippen molar-refractivity contribution in [2.45, 2.75) is 38.1 Å². The van der Waals surface area contributed by atoms with E-state index in [1.54, 1.807) is 12.1 Å². The van der Waals surface area contributed by atoms with Crippen LogP contribution < -0.4 is 5.32 Å². The third-order valence-corrected chi connectivity index (χ3v) is 5.44. The van der Waals surface area contributed by atoms with E-state index in [9.17, 15) is 19.2 Å². The van der Waals surface area contributed by atoms with Gasteiger partial charge in [0.2, 0.25) is 0 Å². The third-order valence-electron chi connectivity index (χ3n) is 5.19. The molecule has 1 saturated heterocycles. The van der Waals surface area contributed by atoms with Gasteiger partial charge in [0.1, 0.15) is 12.1 Å². The smallest absolute Gasteiger partial charge is 0.326 e. The Balaban J connectivity index is 1.54. The average Bonchev–Trinajstić information content (AvgIpc) is 2.87. The van der Waals surface area contributed by atoms with Crippen molar-refractivity contribution in [3.63, 3.8) is 0 Å². The van der Waals surface area contributed by atoms with Crippen LogP contribution in [0.4, 0.5) is 4.79 Å². The maximum Gasteiger partial charge on any atom is 0.326 e. The molecule has 2 fully saturated rings. The molecule has 7 nitrogen and oxygen atoms in total. The Kier molecular flexibility index (Phi) is 5.51. The topological polar surface area (TPSA) is 92.8 Å². The summed E-state index contributed by atoms with van der Waals surface area (Å²) in [6, 6.07) is 5.60. The van der Waals surface area contributed by atoms with Gasteiger partial charge < -0.3 is 10.1 Å². The van der Waals surface area contributed by atoms with Gasteiger partial charge in [0, 0.05) is 10.6 Å². The van der Waals surface area contributed by atoms with Gasteiger partial charge in [0.05, 0.1) is 0 Å². The molecule has 0 bridgehead atoms. The molecule has 0 radical (unpaired) electrons. The molecule has 3 amide bonds. The molecule has 1 saturated carbocycles. The normalized spacial score (nSPS) is 24.8. The molecule has 1 N–H and O–H groups in total. The Morgan fingerprint density at radius 2 is 1.85 bits per heavy atom. The van der Waals surface area contributed by atoms with E-state index in [2.05, 4.69) is 12.2 Å². The lowest BCUT2D eigenvalue weighted by atomic mass is 9.77. The Hall–Kier alpha value is -2.41. The fraction of sp³-hybridized carbons (Fsp3) is 0.474. The van der Waals surface area contributed by atoms with Crippen molar-refractivity contribution in [3.05, 3.63) is 34.9 Å². The van der Waals surface area contributed by atoms with E-state index < -0.39 is 36.5 Å². The number of nitrogens with zero attached hydrogens (tertiary/aromatic N) is 1. The first-order chi connectivity index (χ1) is 12.8. The molecular formula is C19H21ClN2O5. The molecule has 1 aromatic carbocycles. The highest BCUT2D eigenvalue weighted by Gasteiger charge is 2.52. The number of hydrogen-bond acceptors (Lipinski definition) is 5. The monoisotopic (exact) mass is 392 g/mol. The van der Waals surface area contributed by atoms with Crippen LogP contribution in [0.1, 0.15) is 43.0 Å². The van der Waals surface area contributed by atoms with E-state index in [-0.39, 0.29) is 5.91 Å². The zero-order valence-corrected chi connectivity index (χ0v) is 15.8. The first-order valence-corrected chi connectivity index (χ1v) is 9.27. The van der Waals surface area contributed by atoms with Gasteiger partial charge in [-0.05, 0) is 55.9 Å². The van der Waals surface area contributed by atoms with Crippen LogP contribution >= 0.6 is 11.6 Å². The number of hydrogen-bond donors (Lipinski definition) is 1. The number of nitrogens with one attached hydrogen (secondary N) is 1. The highest BCUT2D eigenvalue weighted by Crippen LogP contribution is 2.36. The molecule has 1 spiro atoms. The van der Waals surface area contributed by atoms with Crippen molar-refractivity contribution < 1.29 is 23.9 Å². The van der Waals surface area contributed by atoms with E-state index in [1.165, 1.54) is 12.1 Å². The number of benzene rings is 1. The van der Waals surface area contributed by atoms with Crippen LogP contribution in [0.2, 0.25) is 5.02 Å². The standard InChI is InChI=1S/C19H21ClN2O5/c1-12-6-8-19(9-7-12)17(25)22(18(26)21-19)10-16(24)27-11-15(23)13-2-4-14(20)5-3-13/h2-5,12H,6-11H2,1H3,(H,21,26). The number of esters is 1. The molecule has 1 aliphatic heterocycles. The van der Waals surface area contributed by atoms with Crippen molar-refractivity contribution in [3.8, 4) is 0 Å². The van der Waals surface area contributed by atoms with Gasteiger partial charge in [0.15, 0.2) is 12.4 Å². The highest BCUT2D eigenvalue weighted by atomic mass is 35.5. The number of rotatable bonds is 5. The van der Waals surface area contributed by atoms with Crippen molar-refractivity contribution in [1.82, 2.24) is 10.2 Å². The molecule has 0 unspecified atom stereocenters. The Labute approximate surface area is 162 Å². The van der Waals surface area contributed by atoms with Crippen molar-refractivity contribution in [2.75, 3.05) is 13.2 Å². The lowest BCUT2D eigenvalue weighted by Gasteiger charge is -2.33. The maximum absolute atomic E-state index is 12.7. The van der Waals surface area contributed by atoms with Crippen LogP contribution in [-0.4, -0.2) is 47.3 Å². The molecule has 1 aliphatic carbocycles. The summed E-state index contributed by atoms with van der Waals surface area (Å²) in [5.41, 5.74) is -0.541. The average molecular weight is 393 g/mol. The minimum atomic E-state index is -0.900. The van der Waals surface area contributed by atoms with E-state index in [1.807, 2.05) is 0 Å². The lowest BCUT2D eigenvalue weighted by molar-refractivity contribution is -0.147. The summed E-state index contributed by atoms with van der Waals surface area (Å²) in [5.74, 6) is -1.07. The van der Waals surface area contributed by atoms with Gasteiger partial charge in [-0.2, -0.15) is 0 Å². The molecule has 8 heteroatoms. The van der Waals surface area contributed by atoms with Gasteiger partial charge >= 0.3 is 12.0 Å². The van der Waals surface area contributed by atoms with Crippen LogP contribution in [0.3, 0.4) is 0 Å². The van der Waals surface area contributed by atoms with Crippen LogP contribution in [0, 0.1) is 5.92 Å². The second-order valence-corrected chi connectivity index (χ2v) is 7.61.